The van der Waals surface area contributed by atoms with Crippen LogP contribution in [0.5, 0.6) is 0 Å². The van der Waals surface area contributed by atoms with E-state index in [-0.39, 0.29) is 0 Å². The molecule has 2 aliphatic heterocycles. The van der Waals surface area contributed by atoms with Gasteiger partial charge in [-0.05, 0) is 25.9 Å². The number of rotatable bonds is 1. The predicted octanol–water partition coefficient (Wildman–Crippen LogP) is -0.531. The van der Waals surface area contributed by atoms with Gasteiger partial charge in [0.25, 0.3) is 0 Å². The Morgan fingerprint density at radius 3 is 2.79 bits per heavy atom. The Hall–Kier alpha value is -0.130. The molecule has 0 spiro atoms. The van der Waals surface area contributed by atoms with Crippen molar-refractivity contribution >= 4 is 9.84 Å². The Kier molecular flexibility index (Phi) is 3.09. The van der Waals surface area contributed by atoms with Crippen LogP contribution < -0.4 is 5.32 Å². The molecule has 2 heterocycles. The molecular weight excluding hydrogens is 200 g/mol. The van der Waals surface area contributed by atoms with E-state index in [0.29, 0.717) is 17.5 Å². The van der Waals surface area contributed by atoms with Gasteiger partial charge in [-0.15, -0.1) is 0 Å². The molecular formula is C9H18N2O2S. The highest BCUT2D eigenvalue weighted by molar-refractivity contribution is 7.91. The Balaban J connectivity index is 1.94. The molecule has 2 saturated heterocycles. The van der Waals surface area contributed by atoms with E-state index < -0.39 is 9.84 Å². The molecule has 1 atom stereocenters. The van der Waals surface area contributed by atoms with Crippen molar-refractivity contribution in [2.45, 2.75) is 18.9 Å². The quantitative estimate of drug-likeness (QED) is 0.643. The Morgan fingerprint density at radius 2 is 2.07 bits per heavy atom. The maximum atomic E-state index is 11.3. The Labute approximate surface area is 85.6 Å². The number of sulfone groups is 1. The smallest absolute Gasteiger partial charge is 0.151 e. The summed E-state index contributed by atoms with van der Waals surface area (Å²) in [5.74, 6) is 0.772. The van der Waals surface area contributed by atoms with Gasteiger partial charge in [0, 0.05) is 19.1 Å². The number of nitrogens with one attached hydrogen (secondary N) is 1. The molecule has 0 aromatic heterocycles. The maximum Gasteiger partial charge on any atom is 0.151 e. The van der Waals surface area contributed by atoms with Gasteiger partial charge in [0.05, 0.1) is 11.5 Å². The van der Waals surface area contributed by atoms with E-state index >= 15 is 0 Å². The normalized spacial score (nSPS) is 34.1. The van der Waals surface area contributed by atoms with Gasteiger partial charge in [-0.25, -0.2) is 8.42 Å². The number of hydrogen-bond acceptors (Lipinski definition) is 4. The molecule has 0 radical (unpaired) electrons. The third kappa shape index (κ3) is 2.46. The third-order valence-corrected chi connectivity index (χ3v) is 4.85. The monoisotopic (exact) mass is 218 g/mol. The lowest BCUT2D eigenvalue weighted by atomic mass is 10.2. The molecule has 4 nitrogen and oxygen atoms in total. The Morgan fingerprint density at radius 1 is 1.21 bits per heavy atom. The lowest BCUT2D eigenvalue weighted by Gasteiger charge is -2.25. The van der Waals surface area contributed by atoms with Crippen molar-refractivity contribution in [2.24, 2.45) is 0 Å². The molecule has 82 valence electrons. The number of hydrogen-bond donors (Lipinski definition) is 1. The van der Waals surface area contributed by atoms with Crippen LogP contribution in [0, 0.1) is 0 Å². The van der Waals surface area contributed by atoms with Crippen LogP contribution >= 0.6 is 0 Å². The fourth-order valence-corrected chi connectivity index (χ4v) is 4.06. The van der Waals surface area contributed by atoms with Crippen LogP contribution in [0.4, 0.5) is 0 Å². The predicted molar refractivity (Wildman–Crippen MR) is 56.1 cm³/mol. The molecule has 0 unspecified atom stereocenters. The van der Waals surface area contributed by atoms with Crippen LogP contribution in [0.1, 0.15) is 12.8 Å². The summed E-state index contributed by atoms with van der Waals surface area (Å²) >= 11 is 0. The van der Waals surface area contributed by atoms with Gasteiger partial charge in [0.1, 0.15) is 0 Å². The van der Waals surface area contributed by atoms with E-state index in [1.807, 2.05) is 0 Å². The van der Waals surface area contributed by atoms with E-state index in [1.165, 1.54) is 0 Å². The molecule has 2 aliphatic rings. The van der Waals surface area contributed by atoms with Gasteiger partial charge in [-0.1, -0.05) is 0 Å². The minimum Gasteiger partial charge on any atom is -0.315 e. The SMILES string of the molecule is O=S1(=O)CC[C@H](N2CCCNCC2)C1. The summed E-state index contributed by atoms with van der Waals surface area (Å²) in [5.41, 5.74) is 0. The molecule has 2 rings (SSSR count). The van der Waals surface area contributed by atoms with Crippen molar-refractivity contribution in [3.05, 3.63) is 0 Å². The standard InChI is InChI=1S/C9H18N2O2S/c12-14(13)7-2-9(8-14)11-5-1-3-10-4-6-11/h9-10H,1-8H2/t9-/m0/s1. The van der Waals surface area contributed by atoms with Crippen LogP contribution in [-0.4, -0.2) is 57.0 Å². The first kappa shape index (κ1) is 10.4. The molecule has 0 aliphatic carbocycles. The molecule has 2 fully saturated rings. The van der Waals surface area contributed by atoms with Crippen LogP contribution in [0.3, 0.4) is 0 Å². The minimum atomic E-state index is -2.72. The highest BCUT2D eigenvalue weighted by Crippen LogP contribution is 2.18. The van der Waals surface area contributed by atoms with Crippen molar-refractivity contribution in [3.63, 3.8) is 0 Å². The molecule has 0 aromatic rings. The van der Waals surface area contributed by atoms with E-state index in [1.54, 1.807) is 0 Å². The van der Waals surface area contributed by atoms with Crippen molar-refractivity contribution < 1.29 is 8.42 Å². The fraction of sp³-hybridized carbons (Fsp3) is 1.00. The minimum absolute atomic E-state index is 0.292. The zero-order valence-corrected chi connectivity index (χ0v) is 9.22. The maximum absolute atomic E-state index is 11.3. The van der Waals surface area contributed by atoms with E-state index in [4.69, 9.17) is 0 Å². The molecule has 5 heteroatoms. The first-order chi connectivity index (χ1) is 6.67. The van der Waals surface area contributed by atoms with Crippen LogP contribution in [0.25, 0.3) is 0 Å². The molecule has 0 bridgehead atoms. The summed E-state index contributed by atoms with van der Waals surface area (Å²) in [6.07, 6.45) is 1.97. The summed E-state index contributed by atoms with van der Waals surface area (Å²) in [5, 5.41) is 3.33. The van der Waals surface area contributed by atoms with Gasteiger partial charge < -0.3 is 5.32 Å². The van der Waals surface area contributed by atoms with E-state index in [9.17, 15) is 8.42 Å². The second-order valence-electron chi connectivity index (χ2n) is 4.20. The van der Waals surface area contributed by atoms with E-state index in [0.717, 1.165) is 39.0 Å². The molecule has 14 heavy (non-hydrogen) atoms. The van der Waals surface area contributed by atoms with Crippen molar-refractivity contribution in [1.82, 2.24) is 10.2 Å². The molecule has 0 saturated carbocycles. The highest BCUT2D eigenvalue weighted by Gasteiger charge is 2.31. The van der Waals surface area contributed by atoms with Gasteiger partial charge >= 0.3 is 0 Å². The van der Waals surface area contributed by atoms with Gasteiger partial charge in [-0.2, -0.15) is 0 Å². The summed E-state index contributed by atoms with van der Waals surface area (Å²) in [7, 11) is -2.72. The third-order valence-electron chi connectivity index (χ3n) is 3.10. The molecule has 0 aromatic carbocycles. The van der Waals surface area contributed by atoms with Crippen LogP contribution in [-0.2, 0) is 9.84 Å². The van der Waals surface area contributed by atoms with Crippen molar-refractivity contribution in [2.75, 3.05) is 37.7 Å². The summed E-state index contributed by atoms with van der Waals surface area (Å²) in [6.45, 7) is 4.11. The lowest BCUT2D eigenvalue weighted by Crippen LogP contribution is -2.38. The highest BCUT2D eigenvalue weighted by atomic mass is 32.2. The summed E-state index contributed by atoms with van der Waals surface area (Å²) in [4.78, 5) is 2.34. The average Bonchev–Trinajstić information content (AvgIpc) is 2.42. The zero-order chi connectivity index (χ0) is 10.0. The molecule has 1 N–H and O–H groups in total. The second kappa shape index (κ2) is 4.16. The van der Waals surface area contributed by atoms with E-state index in [2.05, 4.69) is 10.2 Å². The van der Waals surface area contributed by atoms with Crippen LogP contribution in [0.2, 0.25) is 0 Å². The first-order valence-electron chi connectivity index (χ1n) is 5.32. The average molecular weight is 218 g/mol. The Bertz CT molecular complexity index is 281. The first-order valence-corrected chi connectivity index (χ1v) is 7.15. The zero-order valence-electron chi connectivity index (χ0n) is 8.41. The van der Waals surface area contributed by atoms with Gasteiger partial charge in [0.15, 0.2) is 9.84 Å². The van der Waals surface area contributed by atoms with Crippen LogP contribution in [0.15, 0.2) is 0 Å². The van der Waals surface area contributed by atoms with Gasteiger partial charge in [-0.3, -0.25) is 4.90 Å². The lowest BCUT2D eigenvalue weighted by molar-refractivity contribution is 0.227. The number of nitrogens with zero attached hydrogens (tertiary/aromatic N) is 1. The van der Waals surface area contributed by atoms with Crippen molar-refractivity contribution in [1.29, 1.82) is 0 Å². The van der Waals surface area contributed by atoms with Crippen molar-refractivity contribution in [3.8, 4) is 0 Å². The molecule has 0 amide bonds. The topological polar surface area (TPSA) is 49.4 Å². The van der Waals surface area contributed by atoms with Gasteiger partial charge in [0.2, 0.25) is 0 Å². The fourth-order valence-electron chi connectivity index (χ4n) is 2.30. The summed E-state index contributed by atoms with van der Waals surface area (Å²) < 4.78 is 22.7. The second-order valence-corrected chi connectivity index (χ2v) is 6.43. The summed E-state index contributed by atoms with van der Waals surface area (Å²) in [6, 6.07) is 0.292. The largest absolute Gasteiger partial charge is 0.315 e.